The summed E-state index contributed by atoms with van der Waals surface area (Å²) in [5.74, 6) is 6.16. The van der Waals surface area contributed by atoms with Gasteiger partial charge >= 0.3 is 0 Å². The van der Waals surface area contributed by atoms with Gasteiger partial charge in [-0.2, -0.15) is 0 Å². The van der Waals surface area contributed by atoms with E-state index in [9.17, 15) is 0 Å². The standard InChI is InChI=1S/C12H18ClIN2/c1-3-4-8(2)12(16-15)10-7-9(13)5-6-11(10)14/h5-8,12,16H,3-4,15H2,1-2H3. The Morgan fingerprint density at radius 1 is 1.50 bits per heavy atom. The molecule has 2 nitrogen and oxygen atoms in total. The Morgan fingerprint density at radius 3 is 2.75 bits per heavy atom. The van der Waals surface area contributed by atoms with Gasteiger partial charge in [-0.15, -0.1) is 0 Å². The zero-order chi connectivity index (χ0) is 12.1. The van der Waals surface area contributed by atoms with Gasteiger partial charge in [0.25, 0.3) is 0 Å². The third-order valence-corrected chi connectivity index (χ3v) is 4.00. The van der Waals surface area contributed by atoms with Crippen molar-refractivity contribution in [3.63, 3.8) is 0 Å². The predicted molar refractivity (Wildman–Crippen MR) is 78.3 cm³/mol. The molecule has 1 rings (SSSR count). The Morgan fingerprint density at radius 2 is 2.19 bits per heavy atom. The van der Waals surface area contributed by atoms with E-state index in [2.05, 4.69) is 41.9 Å². The Hall–Kier alpha value is 0.160. The van der Waals surface area contributed by atoms with Gasteiger partial charge in [0, 0.05) is 14.6 Å². The van der Waals surface area contributed by atoms with Crippen LogP contribution in [0.4, 0.5) is 0 Å². The van der Waals surface area contributed by atoms with Gasteiger partial charge < -0.3 is 0 Å². The smallest absolute Gasteiger partial charge is 0.0496 e. The van der Waals surface area contributed by atoms with Gasteiger partial charge in [-0.3, -0.25) is 11.3 Å². The molecule has 2 unspecified atom stereocenters. The average molecular weight is 353 g/mol. The van der Waals surface area contributed by atoms with Crippen LogP contribution in [0.1, 0.15) is 38.3 Å². The van der Waals surface area contributed by atoms with Gasteiger partial charge in [-0.05, 0) is 58.7 Å². The second-order valence-electron chi connectivity index (χ2n) is 4.08. The van der Waals surface area contributed by atoms with Crippen LogP contribution in [0, 0.1) is 9.49 Å². The van der Waals surface area contributed by atoms with Crippen LogP contribution in [0.2, 0.25) is 5.02 Å². The number of hydrazine groups is 1. The number of halogens is 2. The van der Waals surface area contributed by atoms with Crippen molar-refractivity contribution in [3.8, 4) is 0 Å². The minimum atomic E-state index is 0.172. The minimum Gasteiger partial charge on any atom is -0.271 e. The first-order chi connectivity index (χ1) is 7.60. The Labute approximate surface area is 116 Å². The van der Waals surface area contributed by atoms with Crippen LogP contribution in [-0.4, -0.2) is 0 Å². The maximum atomic E-state index is 6.03. The summed E-state index contributed by atoms with van der Waals surface area (Å²) in [5.41, 5.74) is 4.10. The Bertz CT molecular complexity index is 344. The maximum Gasteiger partial charge on any atom is 0.0496 e. The lowest BCUT2D eigenvalue weighted by molar-refractivity contribution is 0.367. The lowest BCUT2D eigenvalue weighted by Crippen LogP contribution is -2.33. The molecular weight excluding hydrogens is 335 g/mol. The molecule has 1 aromatic carbocycles. The van der Waals surface area contributed by atoms with Crippen LogP contribution in [0.5, 0.6) is 0 Å². The second kappa shape index (κ2) is 6.79. The van der Waals surface area contributed by atoms with Crippen LogP contribution >= 0.6 is 34.2 Å². The molecule has 0 amide bonds. The van der Waals surface area contributed by atoms with Crippen molar-refractivity contribution in [1.82, 2.24) is 5.43 Å². The van der Waals surface area contributed by atoms with E-state index >= 15 is 0 Å². The zero-order valence-electron chi connectivity index (χ0n) is 9.63. The van der Waals surface area contributed by atoms with Crippen molar-refractivity contribution < 1.29 is 0 Å². The molecule has 0 heterocycles. The van der Waals surface area contributed by atoms with E-state index in [1.807, 2.05) is 18.2 Å². The number of nitrogens with one attached hydrogen (secondary N) is 1. The van der Waals surface area contributed by atoms with E-state index in [4.69, 9.17) is 17.4 Å². The topological polar surface area (TPSA) is 38.0 Å². The third-order valence-electron chi connectivity index (χ3n) is 2.79. The Balaban J connectivity index is 2.98. The number of nitrogens with two attached hydrogens (primary N) is 1. The van der Waals surface area contributed by atoms with E-state index in [0.717, 1.165) is 17.9 Å². The van der Waals surface area contributed by atoms with E-state index in [0.29, 0.717) is 5.92 Å². The molecule has 0 fully saturated rings. The second-order valence-corrected chi connectivity index (χ2v) is 5.67. The lowest BCUT2D eigenvalue weighted by atomic mass is 9.91. The largest absolute Gasteiger partial charge is 0.271 e. The van der Waals surface area contributed by atoms with Crippen LogP contribution in [0.25, 0.3) is 0 Å². The molecule has 0 saturated carbocycles. The van der Waals surface area contributed by atoms with E-state index in [1.54, 1.807) is 0 Å². The molecule has 2 atom stereocenters. The first-order valence-corrected chi connectivity index (χ1v) is 6.96. The van der Waals surface area contributed by atoms with Gasteiger partial charge in [-0.25, -0.2) is 0 Å². The molecule has 0 spiro atoms. The summed E-state index contributed by atoms with van der Waals surface area (Å²) >= 11 is 8.35. The lowest BCUT2D eigenvalue weighted by Gasteiger charge is -2.24. The van der Waals surface area contributed by atoms with Crippen molar-refractivity contribution >= 4 is 34.2 Å². The molecule has 0 aliphatic carbocycles. The monoisotopic (exact) mass is 352 g/mol. The fourth-order valence-electron chi connectivity index (χ4n) is 1.94. The minimum absolute atomic E-state index is 0.172. The van der Waals surface area contributed by atoms with Gasteiger partial charge in [0.1, 0.15) is 0 Å². The number of hydrogen-bond acceptors (Lipinski definition) is 2. The summed E-state index contributed by atoms with van der Waals surface area (Å²) in [6.45, 7) is 4.40. The molecule has 90 valence electrons. The molecule has 0 bridgehead atoms. The summed E-state index contributed by atoms with van der Waals surface area (Å²) in [5, 5.41) is 0.763. The molecule has 16 heavy (non-hydrogen) atoms. The third kappa shape index (κ3) is 3.58. The van der Waals surface area contributed by atoms with Gasteiger partial charge in [0.05, 0.1) is 0 Å². The molecule has 0 aliphatic rings. The molecule has 1 aromatic rings. The van der Waals surface area contributed by atoms with Crippen molar-refractivity contribution in [2.75, 3.05) is 0 Å². The molecule has 0 saturated heterocycles. The fourth-order valence-corrected chi connectivity index (χ4v) is 2.79. The average Bonchev–Trinajstić information content (AvgIpc) is 2.24. The van der Waals surface area contributed by atoms with Gasteiger partial charge in [0.2, 0.25) is 0 Å². The van der Waals surface area contributed by atoms with Crippen molar-refractivity contribution in [2.24, 2.45) is 11.8 Å². The van der Waals surface area contributed by atoms with Crippen LogP contribution < -0.4 is 11.3 Å². The first kappa shape index (κ1) is 14.2. The van der Waals surface area contributed by atoms with E-state index < -0.39 is 0 Å². The van der Waals surface area contributed by atoms with Crippen LogP contribution in [0.3, 0.4) is 0 Å². The van der Waals surface area contributed by atoms with Crippen LogP contribution in [0.15, 0.2) is 18.2 Å². The predicted octanol–water partition coefficient (Wildman–Crippen LogP) is 3.89. The maximum absolute atomic E-state index is 6.03. The molecule has 0 aliphatic heterocycles. The summed E-state index contributed by atoms with van der Waals surface area (Å²) < 4.78 is 1.20. The summed E-state index contributed by atoms with van der Waals surface area (Å²) in [6, 6.07) is 6.11. The number of rotatable bonds is 5. The highest BCUT2D eigenvalue weighted by atomic mass is 127. The summed E-state index contributed by atoms with van der Waals surface area (Å²) in [4.78, 5) is 0. The molecule has 3 N–H and O–H groups in total. The highest BCUT2D eigenvalue weighted by molar-refractivity contribution is 14.1. The first-order valence-electron chi connectivity index (χ1n) is 5.51. The van der Waals surface area contributed by atoms with E-state index in [-0.39, 0.29) is 6.04 Å². The van der Waals surface area contributed by atoms with E-state index in [1.165, 1.54) is 9.13 Å². The Kier molecular flexibility index (Phi) is 6.03. The number of benzene rings is 1. The SMILES string of the molecule is CCCC(C)C(NN)c1cc(Cl)ccc1I. The molecule has 0 aromatic heterocycles. The quantitative estimate of drug-likeness (QED) is 0.479. The van der Waals surface area contributed by atoms with Crippen molar-refractivity contribution in [1.29, 1.82) is 0 Å². The van der Waals surface area contributed by atoms with Gasteiger partial charge in [-0.1, -0.05) is 31.9 Å². The molecular formula is C12H18ClIN2. The molecule has 0 radical (unpaired) electrons. The summed E-state index contributed by atoms with van der Waals surface area (Å²) in [6.07, 6.45) is 2.31. The van der Waals surface area contributed by atoms with Crippen molar-refractivity contribution in [2.45, 2.75) is 32.7 Å². The highest BCUT2D eigenvalue weighted by Crippen LogP contribution is 2.30. The highest BCUT2D eigenvalue weighted by Gasteiger charge is 2.19. The summed E-state index contributed by atoms with van der Waals surface area (Å²) in [7, 11) is 0. The zero-order valence-corrected chi connectivity index (χ0v) is 12.5. The van der Waals surface area contributed by atoms with Crippen molar-refractivity contribution in [3.05, 3.63) is 32.4 Å². The van der Waals surface area contributed by atoms with Crippen LogP contribution in [-0.2, 0) is 0 Å². The number of hydrogen-bond donors (Lipinski definition) is 2. The normalized spacial score (nSPS) is 14.8. The molecule has 4 heteroatoms. The fraction of sp³-hybridized carbons (Fsp3) is 0.500. The van der Waals surface area contributed by atoms with Gasteiger partial charge in [0.15, 0.2) is 0 Å².